The van der Waals surface area contributed by atoms with Crippen molar-refractivity contribution < 1.29 is 19.1 Å². The van der Waals surface area contributed by atoms with Crippen molar-refractivity contribution in [2.75, 3.05) is 32.2 Å². The van der Waals surface area contributed by atoms with E-state index in [2.05, 4.69) is 10.3 Å². The van der Waals surface area contributed by atoms with Gasteiger partial charge in [-0.25, -0.2) is 4.98 Å². The van der Waals surface area contributed by atoms with Crippen LogP contribution in [0, 0.1) is 0 Å². The van der Waals surface area contributed by atoms with Gasteiger partial charge in [-0.3, -0.25) is 19.0 Å². The lowest BCUT2D eigenvalue weighted by Crippen LogP contribution is -2.37. The third kappa shape index (κ3) is 5.05. The topological polar surface area (TPSA) is 103 Å². The molecule has 1 N–H and O–H groups in total. The molecule has 0 spiro atoms. The molecule has 0 saturated heterocycles. The second-order valence-corrected chi connectivity index (χ2v) is 6.97. The Balaban J connectivity index is 1.61. The first-order valence-electron chi connectivity index (χ1n) is 10.2. The van der Waals surface area contributed by atoms with Crippen LogP contribution in [0.1, 0.15) is 13.3 Å². The number of nitrogens with one attached hydrogen (secondary N) is 1. The number of hydrogen-bond acceptors (Lipinski definition) is 6. The van der Waals surface area contributed by atoms with Gasteiger partial charge in [0, 0.05) is 25.6 Å². The van der Waals surface area contributed by atoms with Gasteiger partial charge in [0.1, 0.15) is 18.0 Å². The number of benzene rings is 2. The Morgan fingerprint density at radius 1 is 1.12 bits per heavy atom. The summed E-state index contributed by atoms with van der Waals surface area (Å²) in [5.41, 5.74) is 0.885. The number of carbonyl (C=O) groups excluding carboxylic acids is 2. The smallest absolute Gasteiger partial charge is 0.261 e. The second kappa shape index (κ2) is 10.4. The minimum atomic E-state index is -0.376. The summed E-state index contributed by atoms with van der Waals surface area (Å²) in [5, 5.41) is 3.14. The molecule has 9 heteroatoms. The lowest BCUT2D eigenvalue weighted by atomic mass is 10.2. The van der Waals surface area contributed by atoms with Gasteiger partial charge in [-0.1, -0.05) is 12.1 Å². The first kappa shape index (κ1) is 22.8. The SMILES string of the molecule is CCN(C(=O)CCNC(=O)Cn1cnc2ccccc2c1=O)c1cc(OC)ccc1OC. The Kier molecular flexibility index (Phi) is 7.43. The Labute approximate surface area is 185 Å². The minimum absolute atomic E-state index is 0.0881. The average Bonchev–Trinajstić information content (AvgIpc) is 2.81. The standard InChI is InChI=1S/C23H26N4O5/c1-4-27(19-13-16(31-2)9-10-20(19)32-3)22(29)11-12-24-21(28)14-26-15-25-18-8-6-5-7-17(18)23(26)30/h5-10,13,15H,4,11-12,14H2,1-3H3,(H,24,28). The summed E-state index contributed by atoms with van der Waals surface area (Å²) in [6.45, 7) is 2.24. The molecule has 168 valence electrons. The van der Waals surface area contributed by atoms with E-state index in [-0.39, 0.29) is 36.9 Å². The fraction of sp³-hybridized carbons (Fsp3) is 0.304. The predicted molar refractivity (Wildman–Crippen MR) is 121 cm³/mol. The fourth-order valence-electron chi connectivity index (χ4n) is 3.36. The molecule has 0 atom stereocenters. The number of carbonyl (C=O) groups is 2. The van der Waals surface area contributed by atoms with Crippen molar-refractivity contribution in [3.05, 3.63) is 59.1 Å². The third-order valence-corrected chi connectivity index (χ3v) is 5.00. The fourth-order valence-corrected chi connectivity index (χ4v) is 3.36. The number of rotatable bonds is 9. The predicted octanol–water partition coefficient (Wildman–Crippen LogP) is 1.97. The molecule has 0 fully saturated rings. The van der Waals surface area contributed by atoms with Crippen LogP contribution in [0.25, 0.3) is 10.9 Å². The van der Waals surface area contributed by atoms with E-state index in [0.29, 0.717) is 34.6 Å². The number of ether oxygens (including phenoxy) is 2. The van der Waals surface area contributed by atoms with Gasteiger partial charge in [0.05, 0.1) is 37.1 Å². The summed E-state index contributed by atoms with van der Waals surface area (Å²) in [6.07, 6.45) is 1.44. The largest absolute Gasteiger partial charge is 0.497 e. The van der Waals surface area contributed by atoms with Gasteiger partial charge in [0.15, 0.2) is 0 Å². The highest BCUT2D eigenvalue weighted by Crippen LogP contribution is 2.32. The summed E-state index contributed by atoms with van der Waals surface area (Å²) in [7, 11) is 3.09. The van der Waals surface area contributed by atoms with Gasteiger partial charge in [0.2, 0.25) is 11.8 Å². The zero-order valence-corrected chi connectivity index (χ0v) is 18.3. The van der Waals surface area contributed by atoms with Crippen LogP contribution in [-0.4, -0.2) is 48.7 Å². The number of para-hydroxylation sites is 1. The summed E-state index contributed by atoms with van der Waals surface area (Å²) in [5.74, 6) is 0.603. The highest BCUT2D eigenvalue weighted by atomic mass is 16.5. The Bertz CT molecular complexity index is 1170. The van der Waals surface area contributed by atoms with Gasteiger partial charge < -0.3 is 19.7 Å². The van der Waals surface area contributed by atoms with E-state index < -0.39 is 0 Å². The number of aromatic nitrogens is 2. The lowest BCUT2D eigenvalue weighted by Gasteiger charge is -2.24. The van der Waals surface area contributed by atoms with Crippen LogP contribution >= 0.6 is 0 Å². The van der Waals surface area contributed by atoms with Crippen molar-refractivity contribution in [1.82, 2.24) is 14.9 Å². The molecular formula is C23H26N4O5. The van der Waals surface area contributed by atoms with E-state index in [1.807, 2.05) is 6.92 Å². The number of anilines is 1. The molecule has 1 heterocycles. The van der Waals surface area contributed by atoms with E-state index >= 15 is 0 Å². The Hall–Kier alpha value is -3.88. The quantitative estimate of drug-likeness (QED) is 0.548. The first-order valence-corrected chi connectivity index (χ1v) is 10.2. The molecule has 0 unspecified atom stereocenters. The maximum Gasteiger partial charge on any atom is 0.261 e. The molecule has 9 nitrogen and oxygen atoms in total. The van der Waals surface area contributed by atoms with Crippen molar-refractivity contribution in [2.24, 2.45) is 0 Å². The van der Waals surface area contributed by atoms with E-state index in [1.165, 1.54) is 18.0 Å². The molecule has 2 amide bonds. The van der Waals surface area contributed by atoms with Crippen LogP contribution in [0.15, 0.2) is 53.6 Å². The van der Waals surface area contributed by atoms with Crippen molar-refractivity contribution >= 4 is 28.4 Å². The van der Waals surface area contributed by atoms with Crippen LogP contribution in [0.3, 0.4) is 0 Å². The summed E-state index contributed by atoms with van der Waals surface area (Å²) in [6, 6.07) is 12.2. The molecule has 1 aromatic heterocycles. The molecular weight excluding hydrogens is 412 g/mol. The van der Waals surface area contributed by atoms with Gasteiger partial charge in [0.25, 0.3) is 5.56 Å². The summed E-state index contributed by atoms with van der Waals surface area (Å²) in [4.78, 5) is 43.4. The van der Waals surface area contributed by atoms with Gasteiger partial charge in [-0.15, -0.1) is 0 Å². The van der Waals surface area contributed by atoms with Crippen LogP contribution < -0.4 is 25.2 Å². The molecule has 3 aromatic rings. The maximum absolute atomic E-state index is 12.8. The molecule has 0 aliphatic carbocycles. The van der Waals surface area contributed by atoms with Crippen LogP contribution in [0.4, 0.5) is 5.69 Å². The van der Waals surface area contributed by atoms with E-state index in [9.17, 15) is 14.4 Å². The van der Waals surface area contributed by atoms with Crippen molar-refractivity contribution in [1.29, 1.82) is 0 Å². The van der Waals surface area contributed by atoms with Crippen molar-refractivity contribution in [3.8, 4) is 11.5 Å². The molecule has 0 bridgehead atoms. The van der Waals surface area contributed by atoms with Crippen LogP contribution in [0.5, 0.6) is 11.5 Å². The molecule has 0 aliphatic rings. The molecule has 0 radical (unpaired) electrons. The molecule has 32 heavy (non-hydrogen) atoms. The van der Waals surface area contributed by atoms with Gasteiger partial charge in [-0.2, -0.15) is 0 Å². The normalized spacial score (nSPS) is 10.6. The van der Waals surface area contributed by atoms with E-state index in [4.69, 9.17) is 9.47 Å². The van der Waals surface area contributed by atoms with Crippen molar-refractivity contribution in [2.45, 2.75) is 19.9 Å². The number of methoxy groups -OCH3 is 2. The highest BCUT2D eigenvalue weighted by Gasteiger charge is 2.19. The zero-order valence-electron chi connectivity index (χ0n) is 18.3. The maximum atomic E-state index is 12.8. The van der Waals surface area contributed by atoms with Crippen LogP contribution in [0.2, 0.25) is 0 Å². The van der Waals surface area contributed by atoms with Crippen LogP contribution in [-0.2, 0) is 16.1 Å². The van der Waals surface area contributed by atoms with Crippen molar-refractivity contribution in [3.63, 3.8) is 0 Å². The number of nitrogens with zero attached hydrogens (tertiary/aromatic N) is 3. The zero-order chi connectivity index (χ0) is 23.1. The monoisotopic (exact) mass is 438 g/mol. The number of hydrogen-bond donors (Lipinski definition) is 1. The van der Waals surface area contributed by atoms with Gasteiger partial charge in [-0.05, 0) is 31.2 Å². The molecule has 0 aliphatic heterocycles. The van der Waals surface area contributed by atoms with E-state index in [0.717, 1.165) is 0 Å². The Morgan fingerprint density at radius 3 is 2.62 bits per heavy atom. The Morgan fingerprint density at radius 2 is 1.91 bits per heavy atom. The molecule has 0 saturated carbocycles. The summed E-state index contributed by atoms with van der Waals surface area (Å²) >= 11 is 0. The second-order valence-electron chi connectivity index (χ2n) is 6.97. The summed E-state index contributed by atoms with van der Waals surface area (Å²) < 4.78 is 11.9. The first-order chi connectivity index (χ1) is 15.5. The minimum Gasteiger partial charge on any atom is -0.497 e. The number of fused-ring (bicyclic) bond motifs is 1. The van der Waals surface area contributed by atoms with E-state index in [1.54, 1.807) is 54.5 Å². The number of amides is 2. The lowest BCUT2D eigenvalue weighted by molar-refractivity contribution is -0.122. The molecule has 3 rings (SSSR count). The highest BCUT2D eigenvalue weighted by molar-refractivity contribution is 5.95. The molecule has 2 aromatic carbocycles. The third-order valence-electron chi connectivity index (χ3n) is 5.00. The average molecular weight is 438 g/mol. The van der Waals surface area contributed by atoms with Gasteiger partial charge >= 0.3 is 0 Å².